The molecule has 0 saturated carbocycles. The maximum atomic E-state index is 12.9. The Morgan fingerprint density at radius 2 is 1.81 bits per heavy atom. The molecule has 0 bridgehead atoms. The van der Waals surface area contributed by atoms with Gasteiger partial charge in [-0.3, -0.25) is 9.59 Å². The normalized spacial score (nSPS) is 11.7. The summed E-state index contributed by atoms with van der Waals surface area (Å²) < 4.78 is 7.09. The highest BCUT2D eigenvalue weighted by Gasteiger charge is 2.23. The number of aromatic nitrogens is 3. The van der Waals surface area contributed by atoms with Crippen LogP contribution in [0.1, 0.15) is 35.6 Å². The van der Waals surface area contributed by atoms with Gasteiger partial charge in [0.25, 0.3) is 5.91 Å². The minimum Gasteiger partial charge on any atom is -0.497 e. The first kappa shape index (κ1) is 28.2. The van der Waals surface area contributed by atoms with Gasteiger partial charge in [-0.1, -0.05) is 35.0 Å². The fraction of sp³-hybridized carbons (Fsp3) is 0.333. The minimum atomic E-state index is -0.337. The van der Waals surface area contributed by atoms with Crippen LogP contribution in [-0.4, -0.2) is 51.5 Å². The third-order valence-electron chi connectivity index (χ3n) is 5.12. The number of methoxy groups -OCH3 is 1. The molecule has 1 atom stereocenters. The van der Waals surface area contributed by atoms with Gasteiger partial charge in [0.15, 0.2) is 11.0 Å². The van der Waals surface area contributed by atoms with Crippen molar-refractivity contribution in [1.29, 1.82) is 0 Å². The molecule has 3 aromatic rings. The first-order valence-electron chi connectivity index (χ1n) is 11.1. The zero-order chi connectivity index (χ0) is 26.1. The molecule has 0 spiro atoms. The van der Waals surface area contributed by atoms with Gasteiger partial charge in [-0.2, -0.15) is 11.8 Å². The number of thioether (sulfide) groups is 2. The Labute approximate surface area is 228 Å². The molecule has 0 fully saturated rings. The Morgan fingerprint density at radius 1 is 1.11 bits per heavy atom. The van der Waals surface area contributed by atoms with E-state index in [1.165, 1.54) is 11.8 Å². The molecule has 0 unspecified atom stereocenters. The summed E-state index contributed by atoms with van der Waals surface area (Å²) >= 11 is 15.0. The molecule has 0 aliphatic carbocycles. The Balaban J connectivity index is 1.71. The van der Waals surface area contributed by atoms with Gasteiger partial charge in [-0.15, -0.1) is 10.2 Å². The SMILES string of the molecule is CCn1c(SCC(=O)Nc2cc(Cl)cc(Cl)c2)nnc1[C@@H](CCSC)NC(=O)c1ccc(OC)cc1. The van der Waals surface area contributed by atoms with Crippen LogP contribution in [0.2, 0.25) is 10.0 Å². The van der Waals surface area contributed by atoms with E-state index in [1.54, 1.807) is 61.3 Å². The lowest BCUT2D eigenvalue weighted by Crippen LogP contribution is -2.31. The first-order chi connectivity index (χ1) is 17.3. The maximum Gasteiger partial charge on any atom is 0.251 e. The van der Waals surface area contributed by atoms with Crippen molar-refractivity contribution in [3.05, 3.63) is 63.9 Å². The highest BCUT2D eigenvalue weighted by molar-refractivity contribution is 7.99. The summed E-state index contributed by atoms with van der Waals surface area (Å²) in [7, 11) is 1.58. The van der Waals surface area contributed by atoms with Crippen LogP contribution in [0.15, 0.2) is 47.6 Å². The van der Waals surface area contributed by atoms with Gasteiger partial charge in [0, 0.05) is 27.8 Å². The molecule has 12 heteroatoms. The number of halogens is 2. The van der Waals surface area contributed by atoms with Gasteiger partial charge in [0.05, 0.1) is 18.9 Å². The number of ether oxygens (including phenoxy) is 1. The number of rotatable bonds is 12. The van der Waals surface area contributed by atoms with Gasteiger partial charge < -0.3 is 19.9 Å². The topological polar surface area (TPSA) is 98.1 Å². The highest BCUT2D eigenvalue weighted by Crippen LogP contribution is 2.26. The van der Waals surface area contributed by atoms with Crippen molar-refractivity contribution in [3.8, 4) is 5.75 Å². The number of nitrogens with zero attached hydrogens (tertiary/aromatic N) is 3. The summed E-state index contributed by atoms with van der Waals surface area (Å²) in [6, 6.07) is 11.5. The number of benzene rings is 2. The van der Waals surface area contributed by atoms with E-state index in [9.17, 15) is 9.59 Å². The van der Waals surface area contributed by atoms with E-state index in [4.69, 9.17) is 27.9 Å². The van der Waals surface area contributed by atoms with E-state index in [0.717, 1.165) is 5.75 Å². The first-order valence-corrected chi connectivity index (χ1v) is 14.2. The van der Waals surface area contributed by atoms with E-state index < -0.39 is 0 Å². The standard InChI is InChI=1S/C24H27Cl2N5O3S2/c1-4-31-22(20(9-10-35-3)28-23(33)15-5-7-19(34-2)8-6-15)29-30-24(31)36-14-21(32)27-18-12-16(25)11-17(26)13-18/h5-8,11-13,20H,4,9-10,14H2,1-3H3,(H,27,32)(H,28,33)/t20-/m1/s1. The minimum absolute atomic E-state index is 0.121. The van der Waals surface area contributed by atoms with E-state index in [2.05, 4.69) is 20.8 Å². The number of amides is 2. The molecule has 0 aliphatic rings. The molecule has 36 heavy (non-hydrogen) atoms. The fourth-order valence-corrected chi connectivity index (χ4v) is 5.21. The van der Waals surface area contributed by atoms with E-state index in [1.807, 2.05) is 17.7 Å². The quantitative estimate of drug-likeness (QED) is 0.276. The monoisotopic (exact) mass is 567 g/mol. The second-order valence-electron chi connectivity index (χ2n) is 7.62. The van der Waals surface area contributed by atoms with Crippen LogP contribution in [0.25, 0.3) is 0 Å². The van der Waals surface area contributed by atoms with Crippen molar-refractivity contribution in [1.82, 2.24) is 20.1 Å². The second kappa shape index (κ2) is 13.8. The fourth-order valence-electron chi connectivity index (χ4n) is 3.40. The van der Waals surface area contributed by atoms with Crippen molar-refractivity contribution >= 4 is 64.2 Å². The van der Waals surface area contributed by atoms with Gasteiger partial charge in [-0.05, 0) is 67.8 Å². The van der Waals surface area contributed by atoms with Crippen LogP contribution in [-0.2, 0) is 11.3 Å². The molecule has 2 N–H and O–H groups in total. The van der Waals surface area contributed by atoms with Gasteiger partial charge in [0.2, 0.25) is 5.91 Å². The van der Waals surface area contributed by atoms with Gasteiger partial charge >= 0.3 is 0 Å². The van der Waals surface area contributed by atoms with Crippen LogP contribution in [0.3, 0.4) is 0 Å². The molecule has 1 aromatic heterocycles. The van der Waals surface area contributed by atoms with Crippen molar-refractivity contribution in [2.24, 2.45) is 0 Å². The van der Waals surface area contributed by atoms with E-state index in [-0.39, 0.29) is 23.6 Å². The zero-order valence-corrected chi connectivity index (χ0v) is 23.2. The lowest BCUT2D eigenvalue weighted by Gasteiger charge is -2.19. The summed E-state index contributed by atoms with van der Waals surface area (Å²) in [6.07, 6.45) is 2.70. The Morgan fingerprint density at radius 3 is 2.42 bits per heavy atom. The average Bonchev–Trinajstić information content (AvgIpc) is 3.27. The predicted octanol–water partition coefficient (Wildman–Crippen LogP) is 5.57. The molecule has 8 nitrogen and oxygen atoms in total. The van der Waals surface area contributed by atoms with Crippen LogP contribution in [0.5, 0.6) is 5.75 Å². The summed E-state index contributed by atoms with van der Waals surface area (Å²) in [5.74, 6) is 1.85. The number of anilines is 1. The second-order valence-corrected chi connectivity index (χ2v) is 10.4. The molecule has 0 radical (unpaired) electrons. The molecule has 3 rings (SSSR count). The van der Waals surface area contributed by atoms with E-state index >= 15 is 0 Å². The smallest absolute Gasteiger partial charge is 0.251 e. The van der Waals surface area contributed by atoms with Crippen LogP contribution >= 0.6 is 46.7 Å². The van der Waals surface area contributed by atoms with Gasteiger partial charge in [-0.25, -0.2) is 0 Å². The molecule has 1 heterocycles. The van der Waals surface area contributed by atoms with E-state index in [0.29, 0.717) is 51.0 Å². The molecular weight excluding hydrogens is 541 g/mol. The third-order valence-corrected chi connectivity index (χ3v) is 7.17. The number of carbonyl (C=O) groups excluding carboxylic acids is 2. The number of hydrogen-bond donors (Lipinski definition) is 2. The van der Waals surface area contributed by atoms with Crippen LogP contribution < -0.4 is 15.4 Å². The van der Waals surface area contributed by atoms with Crippen LogP contribution in [0.4, 0.5) is 5.69 Å². The largest absolute Gasteiger partial charge is 0.497 e. The van der Waals surface area contributed by atoms with Crippen LogP contribution in [0, 0.1) is 0 Å². The Bertz CT molecular complexity index is 1170. The zero-order valence-electron chi connectivity index (χ0n) is 20.1. The Kier molecular flexibility index (Phi) is 10.8. The summed E-state index contributed by atoms with van der Waals surface area (Å²) in [6.45, 7) is 2.56. The Hall–Kier alpha value is -2.40. The number of carbonyl (C=O) groups is 2. The van der Waals surface area contributed by atoms with Crippen molar-refractivity contribution < 1.29 is 14.3 Å². The number of hydrogen-bond acceptors (Lipinski definition) is 7. The lowest BCUT2D eigenvalue weighted by molar-refractivity contribution is -0.113. The summed E-state index contributed by atoms with van der Waals surface area (Å²) in [4.78, 5) is 25.4. The molecule has 2 aromatic carbocycles. The third kappa shape index (κ3) is 7.80. The maximum absolute atomic E-state index is 12.9. The van der Waals surface area contributed by atoms with Crippen molar-refractivity contribution in [2.75, 3.05) is 30.2 Å². The average molecular weight is 569 g/mol. The molecule has 192 valence electrons. The highest BCUT2D eigenvalue weighted by atomic mass is 35.5. The molecule has 0 saturated heterocycles. The molecule has 0 aliphatic heterocycles. The summed E-state index contributed by atoms with van der Waals surface area (Å²) in [5.41, 5.74) is 1.05. The molecule has 2 amide bonds. The predicted molar refractivity (Wildman–Crippen MR) is 148 cm³/mol. The number of nitrogens with one attached hydrogen (secondary N) is 2. The van der Waals surface area contributed by atoms with Crippen molar-refractivity contribution in [3.63, 3.8) is 0 Å². The summed E-state index contributed by atoms with van der Waals surface area (Å²) in [5, 5.41) is 16.0. The molecular formula is C24H27Cl2N5O3S2. The lowest BCUT2D eigenvalue weighted by atomic mass is 10.1. The van der Waals surface area contributed by atoms with Gasteiger partial charge in [0.1, 0.15) is 5.75 Å². The van der Waals surface area contributed by atoms with Crippen molar-refractivity contribution in [2.45, 2.75) is 31.1 Å².